The minimum atomic E-state index is 0.0650. The van der Waals surface area contributed by atoms with E-state index < -0.39 is 0 Å². The molecule has 0 aliphatic carbocycles. The van der Waals surface area contributed by atoms with Crippen LogP contribution < -0.4 is 0 Å². The lowest BCUT2D eigenvalue weighted by molar-refractivity contribution is 0.296. The monoisotopic (exact) mass is 306 g/mol. The van der Waals surface area contributed by atoms with Gasteiger partial charge in [0.05, 0.1) is 16.3 Å². The van der Waals surface area contributed by atoms with E-state index in [-0.39, 0.29) is 16.3 Å². The van der Waals surface area contributed by atoms with Crippen LogP contribution in [-0.2, 0) is 0 Å². The number of aliphatic hydroxyl groups is 1. The normalized spacial score (nSPS) is 15.4. The van der Waals surface area contributed by atoms with Gasteiger partial charge < -0.3 is 5.11 Å². The summed E-state index contributed by atoms with van der Waals surface area (Å²) in [5, 5.41) is 8.94. The van der Waals surface area contributed by atoms with Crippen LogP contribution in [-0.4, -0.2) is 16.5 Å². The van der Waals surface area contributed by atoms with Crippen LogP contribution in [0.1, 0.15) is 16.0 Å². The molecular formula is C10H12Br2O. The summed E-state index contributed by atoms with van der Waals surface area (Å²) in [7, 11) is 0. The van der Waals surface area contributed by atoms with Gasteiger partial charge in [0.2, 0.25) is 0 Å². The van der Waals surface area contributed by atoms with Gasteiger partial charge in [-0.2, -0.15) is 0 Å². The summed E-state index contributed by atoms with van der Waals surface area (Å²) in [6, 6.07) is 8.28. The van der Waals surface area contributed by atoms with Crippen molar-refractivity contribution in [3.63, 3.8) is 0 Å². The van der Waals surface area contributed by atoms with Gasteiger partial charge in [0.25, 0.3) is 0 Å². The summed E-state index contributed by atoms with van der Waals surface area (Å²) in [5.74, 6) is 0. The van der Waals surface area contributed by atoms with E-state index in [0.717, 1.165) is 0 Å². The largest absolute Gasteiger partial charge is 0.395 e. The Morgan fingerprint density at radius 2 is 1.77 bits per heavy atom. The van der Waals surface area contributed by atoms with Gasteiger partial charge in [0.1, 0.15) is 0 Å². The molecule has 0 radical (unpaired) electrons. The number of aryl methyl sites for hydroxylation is 1. The summed E-state index contributed by atoms with van der Waals surface area (Å²) in [6.45, 7) is 2.19. The van der Waals surface area contributed by atoms with Gasteiger partial charge in [-0.15, -0.1) is 0 Å². The van der Waals surface area contributed by atoms with Crippen molar-refractivity contribution in [1.29, 1.82) is 0 Å². The summed E-state index contributed by atoms with van der Waals surface area (Å²) in [4.78, 5) is 0.230. The lowest BCUT2D eigenvalue weighted by Gasteiger charge is -2.14. The van der Waals surface area contributed by atoms with E-state index in [4.69, 9.17) is 5.11 Å². The summed E-state index contributed by atoms with van der Waals surface area (Å²) < 4.78 is 0. The summed E-state index contributed by atoms with van der Waals surface area (Å²) in [5.41, 5.74) is 2.43. The molecule has 0 amide bonds. The molecule has 0 aromatic heterocycles. The van der Waals surface area contributed by atoms with Crippen molar-refractivity contribution in [3.8, 4) is 0 Å². The second kappa shape index (κ2) is 5.13. The average molecular weight is 308 g/mol. The van der Waals surface area contributed by atoms with E-state index in [1.165, 1.54) is 11.1 Å². The lowest BCUT2D eigenvalue weighted by atomic mass is 10.1. The van der Waals surface area contributed by atoms with Crippen LogP contribution in [0.2, 0.25) is 0 Å². The van der Waals surface area contributed by atoms with E-state index in [9.17, 15) is 0 Å². The Morgan fingerprint density at radius 1 is 1.23 bits per heavy atom. The van der Waals surface area contributed by atoms with Gasteiger partial charge in [-0.1, -0.05) is 61.7 Å². The molecule has 1 rings (SSSR count). The van der Waals surface area contributed by atoms with Crippen LogP contribution in [0.3, 0.4) is 0 Å². The van der Waals surface area contributed by atoms with Gasteiger partial charge in [0.15, 0.2) is 0 Å². The fourth-order valence-electron chi connectivity index (χ4n) is 1.05. The minimum Gasteiger partial charge on any atom is -0.395 e. The molecule has 1 nitrogen and oxygen atoms in total. The predicted octanol–water partition coefficient (Wildman–Crippen LogP) is 3.19. The van der Waals surface area contributed by atoms with Crippen LogP contribution in [0, 0.1) is 6.92 Å². The van der Waals surface area contributed by atoms with Crippen molar-refractivity contribution in [2.24, 2.45) is 0 Å². The first kappa shape index (κ1) is 11.2. The minimum absolute atomic E-state index is 0.0650. The first-order chi connectivity index (χ1) is 6.15. The molecule has 13 heavy (non-hydrogen) atoms. The van der Waals surface area contributed by atoms with Crippen molar-refractivity contribution in [2.75, 3.05) is 6.61 Å². The first-order valence-corrected chi connectivity index (χ1v) is 5.94. The molecule has 0 saturated carbocycles. The van der Waals surface area contributed by atoms with Gasteiger partial charge in [-0.3, -0.25) is 0 Å². The Balaban J connectivity index is 2.77. The molecule has 0 saturated heterocycles. The van der Waals surface area contributed by atoms with Crippen molar-refractivity contribution in [3.05, 3.63) is 35.4 Å². The molecule has 0 bridgehead atoms. The number of benzene rings is 1. The predicted molar refractivity (Wildman–Crippen MR) is 62.6 cm³/mol. The Morgan fingerprint density at radius 3 is 2.23 bits per heavy atom. The highest BCUT2D eigenvalue weighted by Gasteiger charge is 2.16. The Labute approximate surface area is 95.4 Å². The van der Waals surface area contributed by atoms with Crippen molar-refractivity contribution >= 4 is 31.9 Å². The quantitative estimate of drug-likeness (QED) is 0.850. The van der Waals surface area contributed by atoms with Crippen LogP contribution in [0.5, 0.6) is 0 Å². The van der Waals surface area contributed by atoms with Crippen molar-refractivity contribution in [2.45, 2.75) is 16.6 Å². The molecule has 0 fully saturated rings. The summed E-state index contributed by atoms with van der Waals surface area (Å²) >= 11 is 6.93. The maximum atomic E-state index is 8.94. The maximum Gasteiger partial charge on any atom is 0.0570 e. The number of alkyl halides is 2. The molecule has 0 heterocycles. The standard InChI is InChI=1S/C10H12Br2O/c1-7-2-4-8(5-3-7)10(12)9(11)6-13/h2-5,9-10,13H,6H2,1H3. The zero-order valence-corrected chi connectivity index (χ0v) is 10.5. The zero-order valence-electron chi connectivity index (χ0n) is 7.37. The molecule has 1 aromatic carbocycles. The third-order valence-corrected chi connectivity index (χ3v) is 4.58. The second-order valence-corrected chi connectivity index (χ2v) is 5.17. The van der Waals surface area contributed by atoms with Crippen LogP contribution >= 0.6 is 31.9 Å². The third kappa shape index (κ3) is 3.08. The number of hydrogen-bond acceptors (Lipinski definition) is 1. The Kier molecular flexibility index (Phi) is 4.42. The molecule has 2 unspecified atom stereocenters. The molecule has 0 spiro atoms. The fraction of sp³-hybridized carbons (Fsp3) is 0.400. The molecule has 1 aromatic rings. The highest BCUT2D eigenvalue weighted by atomic mass is 79.9. The van der Waals surface area contributed by atoms with Gasteiger partial charge in [-0.05, 0) is 12.5 Å². The van der Waals surface area contributed by atoms with Crippen LogP contribution in [0.4, 0.5) is 0 Å². The summed E-state index contributed by atoms with van der Waals surface area (Å²) in [6.07, 6.45) is 0. The Bertz CT molecular complexity index is 258. The molecule has 3 heteroatoms. The van der Waals surface area contributed by atoms with Gasteiger partial charge in [0, 0.05) is 0 Å². The number of hydrogen-bond donors (Lipinski definition) is 1. The van der Waals surface area contributed by atoms with Crippen molar-refractivity contribution in [1.82, 2.24) is 0 Å². The SMILES string of the molecule is Cc1ccc(C(Br)C(Br)CO)cc1. The smallest absolute Gasteiger partial charge is 0.0570 e. The Hall–Kier alpha value is 0.140. The van der Waals surface area contributed by atoms with E-state index >= 15 is 0 Å². The van der Waals surface area contributed by atoms with E-state index in [1.807, 2.05) is 0 Å². The third-order valence-electron chi connectivity index (χ3n) is 1.89. The number of aliphatic hydroxyl groups excluding tert-OH is 1. The first-order valence-electron chi connectivity index (χ1n) is 4.10. The molecule has 1 N–H and O–H groups in total. The fourth-order valence-corrected chi connectivity index (χ4v) is 1.83. The molecule has 72 valence electrons. The van der Waals surface area contributed by atoms with Gasteiger partial charge >= 0.3 is 0 Å². The van der Waals surface area contributed by atoms with E-state index in [2.05, 4.69) is 63.0 Å². The van der Waals surface area contributed by atoms with Crippen LogP contribution in [0.25, 0.3) is 0 Å². The second-order valence-electron chi connectivity index (χ2n) is 3.01. The van der Waals surface area contributed by atoms with Crippen molar-refractivity contribution < 1.29 is 5.11 Å². The average Bonchev–Trinajstić information content (AvgIpc) is 2.17. The topological polar surface area (TPSA) is 20.2 Å². The molecular weight excluding hydrogens is 296 g/mol. The van der Waals surface area contributed by atoms with E-state index in [0.29, 0.717) is 0 Å². The maximum absolute atomic E-state index is 8.94. The van der Waals surface area contributed by atoms with E-state index in [1.54, 1.807) is 0 Å². The lowest BCUT2D eigenvalue weighted by Crippen LogP contribution is -2.10. The highest BCUT2D eigenvalue weighted by Crippen LogP contribution is 2.30. The number of halogens is 2. The zero-order chi connectivity index (χ0) is 9.84. The van der Waals surface area contributed by atoms with Gasteiger partial charge in [-0.25, -0.2) is 0 Å². The number of rotatable bonds is 3. The molecule has 2 atom stereocenters. The van der Waals surface area contributed by atoms with Crippen LogP contribution in [0.15, 0.2) is 24.3 Å². The molecule has 0 aliphatic heterocycles. The molecule has 0 aliphatic rings. The highest BCUT2D eigenvalue weighted by molar-refractivity contribution is 9.12.